The highest BCUT2D eigenvalue weighted by Gasteiger charge is 2.21. The monoisotopic (exact) mass is 299 g/mol. The average molecular weight is 300 g/mol. The molecule has 17 heavy (non-hydrogen) atoms. The van der Waals surface area contributed by atoms with Crippen LogP contribution in [0, 0.1) is 5.92 Å². The van der Waals surface area contributed by atoms with Gasteiger partial charge in [0.1, 0.15) is 6.10 Å². The number of aliphatic hydroxyl groups is 1. The summed E-state index contributed by atoms with van der Waals surface area (Å²) in [4.78, 5) is 4.24. The van der Waals surface area contributed by atoms with Crippen LogP contribution < -0.4 is 4.74 Å². The summed E-state index contributed by atoms with van der Waals surface area (Å²) in [6.45, 7) is 2.22. The third-order valence-electron chi connectivity index (χ3n) is 3.23. The number of nitrogens with zero attached hydrogens (tertiary/aromatic N) is 1. The topological polar surface area (TPSA) is 42.4 Å². The van der Waals surface area contributed by atoms with Crippen molar-refractivity contribution in [2.24, 2.45) is 5.92 Å². The molecule has 1 fully saturated rings. The highest BCUT2D eigenvalue weighted by Crippen LogP contribution is 2.28. The molecule has 4 heteroatoms. The summed E-state index contributed by atoms with van der Waals surface area (Å²) in [5.74, 6) is 1.30. The number of pyridine rings is 1. The zero-order chi connectivity index (χ0) is 12.3. The quantitative estimate of drug-likeness (QED) is 0.931. The molecule has 1 aliphatic rings. The molecule has 0 amide bonds. The van der Waals surface area contributed by atoms with E-state index in [1.165, 1.54) is 12.8 Å². The molecule has 1 aromatic rings. The molecule has 2 unspecified atom stereocenters. The maximum atomic E-state index is 9.28. The van der Waals surface area contributed by atoms with Crippen LogP contribution in [-0.4, -0.2) is 16.2 Å². The first-order valence-corrected chi connectivity index (χ1v) is 6.90. The normalized spacial score (nSPS) is 24.6. The Kier molecular flexibility index (Phi) is 4.40. The first-order valence-electron chi connectivity index (χ1n) is 6.11. The van der Waals surface area contributed by atoms with Gasteiger partial charge in [-0.15, -0.1) is 0 Å². The van der Waals surface area contributed by atoms with Gasteiger partial charge in [-0.3, -0.25) is 0 Å². The van der Waals surface area contributed by atoms with Crippen molar-refractivity contribution in [2.45, 2.75) is 45.3 Å². The Morgan fingerprint density at radius 2 is 2.35 bits per heavy atom. The first kappa shape index (κ1) is 12.8. The van der Waals surface area contributed by atoms with Gasteiger partial charge in [-0.25, -0.2) is 4.98 Å². The molecule has 1 saturated carbocycles. The van der Waals surface area contributed by atoms with Gasteiger partial charge in [0.05, 0.1) is 6.61 Å². The molecule has 1 heterocycles. The fourth-order valence-corrected chi connectivity index (χ4v) is 2.71. The summed E-state index contributed by atoms with van der Waals surface area (Å²) in [6, 6.07) is 1.86. The molecular weight excluding hydrogens is 282 g/mol. The molecule has 0 saturated heterocycles. The van der Waals surface area contributed by atoms with Gasteiger partial charge in [-0.05, 0) is 47.2 Å². The van der Waals surface area contributed by atoms with Crippen molar-refractivity contribution < 1.29 is 9.84 Å². The molecule has 1 aliphatic carbocycles. The van der Waals surface area contributed by atoms with Gasteiger partial charge < -0.3 is 9.84 Å². The maximum Gasteiger partial charge on any atom is 0.219 e. The van der Waals surface area contributed by atoms with E-state index in [0.717, 1.165) is 28.8 Å². The van der Waals surface area contributed by atoms with Gasteiger partial charge in [0.25, 0.3) is 0 Å². The lowest BCUT2D eigenvalue weighted by Crippen LogP contribution is -2.25. The fraction of sp³-hybridized carbons (Fsp3) is 0.615. The lowest BCUT2D eigenvalue weighted by atomic mass is 9.89. The third kappa shape index (κ3) is 3.42. The van der Waals surface area contributed by atoms with E-state index in [2.05, 4.69) is 27.8 Å². The summed E-state index contributed by atoms with van der Waals surface area (Å²) in [6.07, 6.45) is 6.64. The molecule has 94 valence electrons. The second kappa shape index (κ2) is 5.83. The molecule has 3 nitrogen and oxygen atoms in total. The van der Waals surface area contributed by atoms with E-state index in [1.54, 1.807) is 6.20 Å². The van der Waals surface area contributed by atoms with Crippen LogP contribution in [0.3, 0.4) is 0 Å². The van der Waals surface area contributed by atoms with Crippen molar-refractivity contribution in [2.75, 3.05) is 0 Å². The van der Waals surface area contributed by atoms with E-state index >= 15 is 0 Å². The van der Waals surface area contributed by atoms with E-state index in [0.29, 0.717) is 5.88 Å². The van der Waals surface area contributed by atoms with Crippen molar-refractivity contribution in [3.05, 3.63) is 22.3 Å². The minimum Gasteiger partial charge on any atom is -0.474 e. The minimum atomic E-state index is -0.0377. The Balaban J connectivity index is 2.07. The van der Waals surface area contributed by atoms with Gasteiger partial charge in [-0.1, -0.05) is 13.3 Å². The van der Waals surface area contributed by atoms with E-state index < -0.39 is 0 Å². The van der Waals surface area contributed by atoms with Crippen LogP contribution >= 0.6 is 15.9 Å². The Morgan fingerprint density at radius 1 is 1.53 bits per heavy atom. The third-order valence-corrected chi connectivity index (χ3v) is 3.66. The van der Waals surface area contributed by atoms with Gasteiger partial charge >= 0.3 is 0 Å². The predicted octanol–water partition coefficient (Wildman–Crippen LogP) is 3.29. The van der Waals surface area contributed by atoms with Crippen LogP contribution in [-0.2, 0) is 6.61 Å². The fourth-order valence-electron chi connectivity index (χ4n) is 2.33. The number of aliphatic hydroxyl groups excluding tert-OH is 1. The lowest BCUT2D eigenvalue weighted by Gasteiger charge is -2.27. The highest BCUT2D eigenvalue weighted by molar-refractivity contribution is 9.10. The Labute approximate surface area is 110 Å². The number of ether oxygens (including phenoxy) is 1. The molecule has 0 bridgehead atoms. The summed E-state index contributed by atoms with van der Waals surface area (Å²) in [5, 5.41) is 9.28. The second-order valence-electron chi connectivity index (χ2n) is 4.79. The van der Waals surface area contributed by atoms with Crippen molar-refractivity contribution in [1.29, 1.82) is 0 Å². The zero-order valence-electron chi connectivity index (χ0n) is 10.0. The van der Waals surface area contributed by atoms with Gasteiger partial charge in [0, 0.05) is 16.2 Å². The summed E-state index contributed by atoms with van der Waals surface area (Å²) >= 11 is 3.34. The number of aromatic nitrogens is 1. The smallest absolute Gasteiger partial charge is 0.219 e. The number of hydrogen-bond donors (Lipinski definition) is 1. The number of hydrogen-bond acceptors (Lipinski definition) is 3. The molecule has 2 rings (SSSR count). The zero-order valence-corrected chi connectivity index (χ0v) is 11.6. The van der Waals surface area contributed by atoms with Crippen molar-refractivity contribution >= 4 is 15.9 Å². The van der Waals surface area contributed by atoms with E-state index in [-0.39, 0.29) is 12.7 Å². The van der Waals surface area contributed by atoms with Crippen LogP contribution in [0.4, 0.5) is 0 Å². The van der Waals surface area contributed by atoms with E-state index in [1.807, 2.05) is 6.07 Å². The minimum absolute atomic E-state index is 0.0377. The van der Waals surface area contributed by atoms with Crippen LogP contribution in [0.5, 0.6) is 5.88 Å². The number of halogens is 1. The van der Waals surface area contributed by atoms with Crippen LogP contribution in [0.15, 0.2) is 16.7 Å². The van der Waals surface area contributed by atoms with Crippen LogP contribution in [0.1, 0.15) is 38.2 Å². The first-order chi connectivity index (χ1) is 8.19. The van der Waals surface area contributed by atoms with Crippen molar-refractivity contribution in [3.63, 3.8) is 0 Å². The van der Waals surface area contributed by atoms with Gasteiger partial charge in [-0.2, -0.15) is 0 Å². The molecular formula is C13H18BrNO2. The Bertz CT molecular complexity index is 384. The number of rotatable bonds is 3. The van der Waals surface area contributed by atoms with E-state index in [9.17, 15) is 5.11 Å². The summed E-state index contributed by atoms with van der Waals surface area (Å²) in [5.41, 5.74) is 0.748. The second-order valence-corrected chi connectivity index (χ2v) is 5.70. The molecule has 0 aromatic carbocycles. The maximum absolute atomic E-state index is 9.28. The lowest BCUT2D eigenvalue weighted by molar-refractivity contribution is 0.120. The largest absolute Gasteiger partial charge is 0.474 e. The van der Waals surface area contributed by atoms with Gasteiger partial charge in [0.15, 0.2) is 0 Å². The molecule has 0 aliphatic heterocycles. The van der Waals surface area contributed by atoms with Crippen molar-refractivity contribution in [1.82, 2.24) is 4.98 Å². The molecule has 1 aromatic heterocycles. The summed E-state index contributed by atoms with van der Waals surface area (Å²) in [7, 11) is 0. The Hall–Kier alpha value is -0.610. The average Bonchev–Trinajstić information content (AvgIpc) is 2.31. The van der Waals surface area contributed by atoms with Crippen LogP contribution in [0.25, 0.3) is 0 Å². The van der Waals surface area contributed by atoms with Crippen molar-refractivity contribution in [3.8, 4) is 5.88 Å². The van der Waals surface area contributed by atoms with Gasteiger partial charge in [0.2, 0.25) is 5.88 Å². The molecule has 2 atom stereocenters. The standard InChI is InChI=1S/C13H18BrNO2/c1-9-3-2-4-12(5-9)17-13-10(8-16)6-11(14)7-15-13/h6-7,9,12,16H,2-5,8H2,1H3. The predicted molar refractivity (Wildman–Crippen MR) is 69.9 cm³/mol. The molecule has 0 spiro atoms. The summed E-state index contributed by atoms with van der Waals surface area (Å²) < 4.78 is 6.78. The van der Waals surface area contributed by atoms with E-state index in [4.69, 9.17) is 4.74 Å². The molecule has 1 N–H and O–H groups in total. The van der Waals surface area contributed by atoms with Crippen LogP contribution in [0.2, 0.25) is 0 Å². The Morgan fingerprint density at radius 3 is 3.06 bits per heavy atom. The highest BCUT2D eigenvalue weighted by atomic mass is 79.9. The SMILES string of the molecule is CC1CCCC(Oc2ncc(Br)cc2CO)C1. The molecule has 0 radical (unpaired) electrons.